The molecule has 1 saturated heterocycles. The van der Waals surface area contributed by atoms with Crippen molar-refractivity contribution in [3.05, 3.63) is 0 Å². The Morgan fingerprint density at radius 2 is 2.50 bits per heavy atom. The Balaban J connectivity index is 2.25. The van der Waals surface area contributed by atoms with Crippen LogP contribution in [-0.2, 0) is 0 Å². The van der Waals surface area contributed by atoms with Crippen LogP contribution in [0.3, 0.4) is 0 Å². The number of urea groups is 1. The van der Waals surface area contributed by atoms with Gasteiger partial charge in [-0.05, 0) is 19.9 Å². The molecule has 0 aromatic heterocycles. The molecule has 0 saturated carbocycles. The highest BCUT2D eigenvalue weighted by molar-refractivity contribution is 5.74. The van der Waals surface area contributed by atoms with Gasteiger partial charge in [0.05, 0.1) is 0 Å². The number of rotatable bonds is 2. The Hall–Kier alpha value is -0.770. The van der Waals surface area contributed by atoms with Gasteiger partial charge in [-0.3, -0.25) is 0 Å². The third-order valence-corrected chi connectivity index (χ3v) is 2.21. The fourth-order valence-corrected chi connectivity index (χ4v) is 1.21. The zero-order chi connectivity index (χ0) is 8.97. The predicted octanol–water partition coefficient (Wildman–Crippen LogP) is 0.00960. The van der Waals surface area contributed by atoms with E-state index in [1.807, 2.05) is 6.92 Å². The molecule has 1 fully saturated rings. The summed E-state index contributed by atoms with van der Waals surface area (Å²) in [7, 11) is 1.80. The molecule has 1 atom stereocenters. The number of nitrogens with zero attached hydrogens (tertiary/aromatic N) is 1. The summed E-state index contributed by atoms with van der Waals surface area (Å²) in [6.07, 6.45) is 1.04. The van der Waals surface area contributed by atoms with Crippen LogP contribution in [0.1, 0.15) is 13.3 Å². The Morgan fingerprint density at radius 1 is 1.75 bits per heavy atom. The minimum absolute atomic E-state index is 0.0335. The number of nitrogens with one attached hydrogen (secondary N) is 2. The van der Waals surface area contributed by atoms with E-state index >= 15 is 0 Å². The van der Waals surface area contributed by atoms with Crippen molar-refractivity contribution in [1.82, 2.24) is 15.5 Å². The summed E-state index contributed by atoms with van der Waals surface area (Å²) in [6.45, 7) is 4.64. The molecule has 2 N–H and O–H groups in total. The topological polar surface area (TPSA) is 44.4 Å². The van der Waals surface area contributed by atoms with Crippen LogP contribution in [0.2, 0.25) is 0 Å². The van der Waals surface area contributed by atoms with Gasteiger partial charge in [0.1, 0.15) is 0 Å². The number of hydrogen-bond donors (Lipinski definition) is 2. The van der Waals surface area contributed by atoms with Crippen molar-refractivity contribution in [3.8, 4) is 0 Å². The minimum atomic E-state index is 0.0335. The van der Waals surface area contributed by atoms with E-state index in [0.29, 0.717) is 6.04 Å². The van der Waals surface area contributed by atoms with Crippen LogP contribution in [0.4, 0.5) is 4.79 Å². The van der Waals surface area contributed by atoms with Crippen molar-refractivity contribution in [1.29, 1.82) is 0 Å². The van der Waals surface area contributed by atoms with Gasteiger partial charge in [-0.1, -0.05) is 0 Å². The van der Waals surface area contributed by atoms with Crippen molar-refractivity contribution in [2.45, 2.75) is 19.4 Å². The molecule has 1 rings (SSSR count). The molecule has 4 nitrogen and oxygen atoms in total. The maximum atomic E-state index is 11.3. The van der Waals surface area contributed by atoms with Gasteiger partial charge >= 0.3 is 6.03 Å². The van der Waals surface area contributed by atoms with Crippen molar-refractivity contribution < 1.29 is 4.79 Å². The lowest BCUT2D eigenvalue weighted by Gasteiger charge is -2.18. The number of carbonyl (C=O) groups excluding carboxylic acids is 1. The highest BCUT2D eigenvalue weighted by Gasteiger charge is 2.17. The van der Waals surface area contributed by atoms with Gasteiger partial charge < -0.3 is 15.5 Å². The maximum absolute atomic E-state index is 11.3. The van der Waals surface area contributed by atoms with Crippen molar-refractivity contribution in [3.63, 3.8) is 0 Å². The third kappa shape index (κ3) is 2.37. The minimum Gasteiger partial charge on any atom is -0.334 e. The van der Waals surface area contributed by atoms with Crippen LogP contribution in [0.15, 0.2) is 0 Å². The molecule has 1 unspecified atom stereocenters. The standard InChI is InChI=1S/C8H17N3O/c1-3-11(2)8(12)10-7-4-5-9-6-7/h7,9H,3-6H2,1-2H3,(H,10,12). The van der Waals surface area contributed by atoms with E-state index in [2.05, 4.69) is 10.6 Å². The summed E-state index contributed by atoms with van der Waals surface area (Å²) in [6, 6.07) is 0.359. The largest absolute Gasteiger partial charge is 0.334 e. The first-order chi connectivity index (χ1) is 5.74. The van der Waals surface area contributed by atoms with Crippen molar-refractivity contribution in [2.75, 3.05) is 26.7 Å². The molecule has 2 amide bonds. The highest BCUT2D eigenvalue weighted by Crippen LogP contribution is 1.97. The average molecular weight is 171 g/mol. The summed E-state index contributed by atoms with van der Waals surface area (Å²) >= 11 is 0. The van der Waals surface area contributed by atoms with Gasteiger partial charge in [0.15, 0.2) is 0 Å². The van der Waals surface area contributed by atoms with E-state index < -0.39 is 0 Å². The molecule has 1 heterocycles. The van der Waals surface area contributed by atoms with Crippen LogP contribution in [0, 0.1) is 0 Å². The smallest absolute Gasteiger partial charge is 0.317 e. The lowest BCUT2D eigenvalue weighted by atomic mass is 10.3. The predicted molar refractivity (Wildman–Crippen MR) is 48.1 cm³/mol. The first kappa shape index (κ1) is 9.32. The van der Waals surface area contributed by atoms with Gasteiger partial charge in [-0.15, -0.1) is 0 Å². The molecule has 70 valence electrons. The van der Waals surface area contributed by atoms with Gasteiger partial charge in [0, 0.05) is 26.2 Å². The summed E-state index contributed by atoms with van der Waals surface area (Å²) < 4.78 is 0. The average Bonchev–Trinajstić information content (AvgIpc) is 2.55. The fourth-order valence-electron chi connectivity index (χ4n) is 1.21. The van der Waals surface area contributed by atoms with E-state index in [-0.39, 0.29) is 6.03 Å². The van der Waals surface area contributed by atoms with Crippen LogP contribution >= 0.6 is 0 Å². The number of carbonyl (C=O) groups is 1. The molecule has 0 aromatic rings. The van der Waals surface area contributed by atoms with Gasteiger partial charge in [-0.2, -0.15) is 0 Å². The molecule has 1 aliphatic rings. The Bertz CT molecular complexity index is 154. The Labute approximate surface area is 73.3 Å². The van der Waals surface area contributed by atoms with E-state index in [4.69, 9.17) is 0 Å². The van der Waals surface area contributed by atoms with Crippen LogP contribution in [0.25, 0.3) is 0 Å². The van der Waals surface area contributed by atoms with Crippen LogP contribution < -0.4 is 10.6 Å². The summed E-state index contributed by atoms with van der Waals surface area (Å²) in [5.74, 6) is 0. The lowest BCUT2D eigenvalue weighted by molar-refractivity contribution is 0.207. The van der Waals surface area contributed by atoms with Crippen LogP contribution in [-0.4, -0.2) is 43.7 Å². The van der Waals surface area contributed by atoms with Crippen LogP contribution in [0.5, 0.6) is 0 Å². The third-order valence-electron chi connectivity index (χ3n) is 2.21. The van der Waals surface area contributed by atoms with Gasteiger partial charge in [-0.25, -0.2) is 4.79 Å². The maximum Gasteiger partial charge on any atom is 0.317 e. The molecule has 0 radical (unpaired) electrons. The first-order valence-corrected chi connectivity index (χ1v) is 4.46. The Kier molecular flexibility index (Phi) is 3.34. The normalized spacial score (nSPS) is 22.3. The highest BCUT2D eigenvalue weighted by atomic mass is 16.2. The monoisotopic (exact) mass is 171 g/mol. The molecular weight excluding hydrogens is 154 g/mol. The SMILES string of the molecule is CCN(C)C(=O)NC1CCNC1. The lowest BCUT2D eigenvalue weighted by Crippen LogP contribution is -2.43. The van der Waals surface area contributed by atoms with Gasteiger partial charge in [0.25, 0.3) is 0 Å². The second kappa shape index (κ2) is 4.30. The second-order valence-electron chi connectivity index (χ2n) is 3.15. The second-order valence-corrected chi connectivity index (χ2v) is 3.15. The van der Waals surface area contributed by atoms with E-state index in [9.17, 15) is 4.79 Å². The quantitative estimate of drug-likeness (QED) is 0.614. The zero-order valence-corrected chi connectivity index (χ0v) is 7.76. The van der Waals surface area contributed by atoms with E-state index in [1.165, 1.54) is 0 Å². The number of amides is 2. The van der Waals surface area contributed by atoms with Gasteiger partial charge in [0.2, 0.25) is 0 Å². The molecule has 1 aliphatic heterocycles. The summed E-state index contributed by atoms with van der Waals surface area (Å²) in [5.41, 5.74) is 0. The molecule has 0 bridgehead atoms. The van der Waals surface area contributed by atoms with Crippen molar-refractivity contribution >= 4 is 6.03 Å². The van der Waals surface area contributed by atoms with E-state index in [0.717, 1.165) is 26.1 Å². The molecule has 0 aliphatic carbocycles. The number of hydrogen-bond acceptors (Lipinski definition) is 2. The first-order valence-electron chi connectivity index (χ1n) is 4.46. The van der Waals surface area contributed by atoms with Crippen molar-refractivity contribution in [2.24, 2.45) is 0 Å². The summed E-state index contributed by atoms with van der Waals surface area (Å²) in [5, 5.41) is 6.16. The zero-order valence-electron chi connectivity index (χ0n) is 7.76. The molecule has 0 spiro atoms. The van der Waals surface area contributed by atoms with E-state index in [1.54, 1.807) is 11.9 Å². The summed E-state index contributed by atoms with van der Waals surface area (Å²) in [4.78, 5) is 13.0. The fraction of sp³-hybridized carbons (Fsp3) is 0.875. The Morgan fingerprint density at radius 3 is 3.00 bits per heavy atom. The molecule has 4 heteroatoms. The molecular formula is C8H17N3O. The molecule has 0 aromatic carbocycles. The molecule has 12 heavy (non-hydrogen) atoms.